The molecule has 2 aromatic carbocycles. The summed E-state index contributed by atoms with van der Waals surface area (Å²) in [6.45, 7) is 2.00. The molecule has 0 atom stereocenters. The second-order valence-corrected chi connectivity index (χ2v) is 8.54. The van der Waals surface area contributed by atoms with Crippen LogP contribution in [0.5, 0.6) is 0 Å². The van der Waals surface area contributed by atoms with E-state index in [0.29, 0.717) is 11.3 Å². The Labute approximate surface area is 149 Å². The van der Waals surface area contributed by atoms with Crippen LogP contribution in [0, 0.1) is 10.5 Å². The molecule has 0 heterocycles. The van der Waals surface area contributed by atoms with E-state index in [4.69, 9.17) is 0 Å². The molecule has 0 saturated heterocycles. The van der Waals surface area contributed by atoms with Gasteiger partial charge in [-0.05, 0) is 71.5 Å². The molecule has 0 aromatic heterocycles. The largest absolute Gasteiger partial charge is 0.322 e. The molecule has 0 radical (unpaired) electrons. The van der Waals surface area contributed by atoms with Crippen LogP contribution in [0.4, 0.5) is 5.69 Å². The fraction of sp³-hybridized carbons (Fsp3) is 0.188. The number of halogens is 1. The second-order valence-electron chi connectivity index (χ2n) is 5.23. The van der Waals surface area contributed by atoms with Gasteiger partial charge in [-0.2, -0.15) is 0 Å². The van der Waals surface area contributed by atoms with Crippen molar-refractivity contribution in [2.45, 2.75) is 11.8 Å². The van der Waals surface area contributed by atoms with Crippen molar-refractivity contribution >= 4 is 44.2 Å². The van der Waals surface area contributed by atoms with Crippen molar-refractivity contribution in [2.24, 2.45) is 0 Å². The van der Waals surface area contributed by atoms with E-state index in [1.807, 2.05) is 25.1 Å². The average molecular weight is 444 g/mol. The molecule has 0 bridgehead atoms. The van der Waals surface area contributed by atoms with Gasteiger partial charge < -0.3 is 5.32 Å². The van der Waals surface area contributed by atoms with Crippen LogP contribution in [0.25, 0.3) is 0 Å². The van der Waals surface area contributed by atoms with Crippen molar-refractivity contribution in [1.29, 1.82) is 0 Å². The molecular weight excluding hydrogens is 427 g/mol. The number of amides is 1. The number of hydrogen-bond acceptors (Lipinski definition) is 3. The third-order valence-electron chi connectivity index (χ3n) is 3.32. The molecule has 0 saturated carbocycles. The lowest BCUT2D eigenvalue weighted by molar-refractivity contribution is 0.102. The maximum Gasteiger partial charge on any atom is 0.255 e. The summed E-state index contributed by atoms with van der Waals surface area (Å²) in [5, 5.41) is 2.80. The summed E-state index contributed by atoms with van der Waals surface area (Å²) in [5.74, 6) is -0.279. The number of rotatable bonds is 4. The summed E-state index contributed by atoms with van der Waals surface area (Å²) < 4.78 is 26.2. The second kappa shape index (κ2) is 6.98. The number of carbonyl (C=O) groups is 1. The topological polar surface area (TPSA) is 66.5 Å². The van der Waals surface area contributed by atoms with E-state index in [0.717, 1.165) is 13.4 Å². The molecule has 7 heteroatoms. The first-order valence-electron chi connectivity index (χ1n) is 6.82. The molecule has 0 aliphatic rings. The van der Waals surface area contributed by atoms with Crippen LogP contribution in [0.1, 0.15) is 15.9 Å². The highest BCUT2D eigenvalue weighted by Gasteiger charge is 2.17. The summed E-state index contributed by atoms with van der Waals surface area (Å²) in [4.78, 5) is 12.4. The molecule has 0 unspecified atom stereocenters. The van der Waals surface area contributed by atoms with Gasteiger partial charge in [-0.15, -0.1) is 0 Å². The van der Waals surface area contributed by atoms with Gasteiger partial charge in [0.15, 0.2) is 0 Å². The minimum absolute atomic E-state index is 0.156. The number of benzene rings is 2. The summed E-state index contributed by atoms with van der Waals surface area (Å²) in [6, 6.07) is 11.5. The van der Waals surface area contributed by atoms with E-state index in [1.54, 1.807) is 0 Å². The van der Waals surface area contributed by atoms with E-state index in [-0.39, 0.29) is 10.8 Å². The first-order valence-corrected chi connectivity index (χ1v) is 9.34. The SMILES string of the molecule is Cc1ccc(NC(=O)c2ccc(S(=O)(=O)N(C)C)cc2)cc1I. The third kappa shape index (κ3) is 4.10. The standard InChI is InChI=1S/C16H17IN2O3S/c1-11-4-7-13(10-15(11)17)18-16(20)12-5-8-14(9-6-12)23(21,22)19(2)3/h4-10H,1-3H3,(H,18,20). The maximum absolute atomic E-state index is 12.2. The smallest absolute Gasteiger partial charge is 0.255 e. The Morgan fingerprint density at radius 1 is 1.09 bits per heavy atom. The van der Waals surface area contributed by atoms with Gasteiger partial charge in [-0.1, -0.05) is 6.07 Å². The van der Waals surface area contributed by atoms with Gasteiger partial charge in [0.05, 0.1) is 4.90 Å². The van der Waals surface area contributed by atoms with Crippen molar-refractivity contribution in [3.63, 3.8) is 0 Å². The molecular formula is C16H17IN2O3S. The lowest BCUT2D eigenvalue weighted by atomic mass is 10.2. The highest BCUT2D eigenvalue weighted by Crippen LogP contribution is 2.19. The molecule has 122 valence electrons. The number of anilines is 1. The fourth-order valence-corrected chi connectivity index (χ4v) is 3.28. The van der Waals surface area contributed by atoms with Crippen LogP contribution in [0.2, 0.25) is 0 Å². The van der Waals surface area contributed by atoms with Gasteiger partial charge in [0.25, 0.3) is 5.91 Å². The molecule has 0 spiro atoms. The average Bonchev–Trinajstić information content (AvgIpc) is 2.51. The molecule has 0 aliphatic carbocycles. The zero-order valence-electron chi connectivity index (χ0n) is 13.0. The monoisotopic (exact) mass is 444 g/mol. The van der Waals surface area contributed by atoms with E-state index in [9.17, 15) is 13.2 Å². The summed E-state index contributed by atoms with van der Waals surface area (Å²) >= 11 is 2.21. The lowest BCUT2D eigenvalue weighted by Gasteiger charge is -2.12. The summed E-state index contributed by atoms with van der Waals surface area (Å²) in [6.07, 6.45) is 0. The van der Waals surface area contributed by atoms with E-state index < -0.39 is 10.0 Å². The zero-order chi connectivity index (χ0) is 17.2. The van der Waals surface area contributed by atoms with Crippen molar-refractivity contribution in [3.05, 3.63) is 57.2 Å². The van der Waals surface area contributed by atoms with Gasteiger partial charge in [-0.3, -0.25) is 4.79 Å². The van der Waals surface area contributed by atoms with E-state index in [2.05, 4.69) is 27.9 Å². The maximum atomic E-state index is 12.2. The Morgan fingerprint density at radius 3 is 2.22 bits per heavy atom. The van der Waals surface area contributed by atoms with Gasteiger partial charge in [0.1, 0.15) is 0 Å². The molecule has 0 aliphatic heterocycles. The molecule has 2 aromatic rings. The van der Waals surface area contributed by atoms with Crippen LogP contribution in [0.15, 0.2) is 47.4 Å². The number of nitrogens with zero attached hydrogens (tertiary/aromatic N) is 1. The van der Waals surface area contributed by atoms with Gasteiger partial charge in [0, 0.05) is 28.9 Å². The summed E-state index contributed by atoms with van der Waals surface area (Å²) in [5.41, 5.74) is 2.25. The molecule has 2 rings (SSSR count). The summed E-state index contributed by atoms with van der Waals surface area (Å²) in [7, 11) is -0.554. The predicted molar refractivity (Wildman–Crippen MR) is 99.2 cm³/mol. The van der Waals surface area contributed by atoms with Crippen molar-refractivity contribution in [1.82, 2.24) is 4.31 Å². The van der Waals surface area contributed by atoms with Gasteiger partial charge >= 0.3 is 0 Å². The molecule has 5 nitrogen and oxygen atoms in total. The van der Waals surface area contributed by atoms with E-state index >= 15 is 0 Å². The lowest BCUT2D eigenvalue weighted by Crippen LogP contribution is -2.22. The minimum Gasteiger partial charge on any atom is -0.322 e. The first-order chi connectivity index (χ1) is 10.7. The van der Waals surface area contributed by atoms with Crippen LogP contribution in [-0.2, 0) is 10.0 Å². The first kappa shape index (κ1) is 17.9. The number of nitrogens with one attached hydrogen (secondary N) is 1. The molecule has 0 fully saturated rings. The number of hydrogen-bond donors (Lipinski definition) is 1. The Bertz CT molecular complexity index is 831. The van der Waals surface area contributed by atoms with Gasteiger partial charge in [0.2, 0.25) is 10.0 Å². The number of aryl methyl sites for hydroxylation is 1. The Kier molecular flexibility index (Phi) is 5.43. The zero-order valence-corrected chi connectivity index (χ0v) is 16.0. The highest BCUT2D eigenvalue weighted by molar-refractivity contribution is 14.1. The minimum atomic E-state index is -3.49. The van der Waals surface area contributed by atoms with Crippen LogP contribution >= 0.6 is 22.6 Å². The van der Waals surface area contributed by atoms with Crippen LogP contribution in [-0.4, -0.2) is 32.7 Å². The quantitative estimate of drug-likeness (QED) is 0.738. The Morgan fingerprint density at radius 2 is 1.70 bits per heavy atom. The highest BCUT2D eigenvalue weighted by atomic mass is 127. The van der Waals surface area contributed by atoms with Crippen LogP contribution < -0.4 is 5.32 Å². The van der Waals surface area contributed by atoms with Crippen molar-refractivity contribution in [2.75, 3.05) is 19.4 Å². The Hall–Kier alpha value is -1.45. The van der Waals surface area contributed by atoms with Crippen molar-refractivity contribution in [3.8, 4) is 0 Å². The van der Waals surface area contributed by atoms with Crippen molar-refractivity contribution < 1.29 is 13.2 Å². The van der Waals surface area contributed by atoms with Gasteiger partial charge in [-0.25, -0.2) is 12.7 Å². The Balaban J connectivity index is 2.19. The molecule has 23 heavy (non-hydrogen) atoms. The van der Waals surface area contributed by atoms with E-state index in [1.165, 1.54) is 38.4 Å². The number of carbonyl (C=O) groups excluding carboxylic acids is 1. The third-order valence-corrected chi connectivity index (χ3v) is 6.32. The van der Waals surface area contributed by atoms with Crippen LogP contribution in [0.3, 0.4) is 0 Å². The fourth-order valence-electron chi connectivity index (χ4n) is 1.86. The normalized spacial score (nSPS) is 11.5. The molecule has 1 amide bonds. The molecule has 1 N–H and O–H groups in total. The number of sulfonamides is 1. The predicted octanol–water partition coefficient (Wildman–Crippen LogP) is 3.10.